The molecule has 1 N–H and O–H groups in total. The first-order chi connectivity index (χ1) is 16.7. The highest BCUT2D eigenvalue weighted by molar-refractivity contribution is 7.99. The molecular weight excluding hydrogens is 446 g/mol. The summed E-state index contributed by atoms with van der Waals surface area (Å²) < 4.78 is 5.29. The van der Waals surface area contributed by atoms with E-state index in [1.54, 1.807) is 12.1 Å². The normalized spacial score (nSPS) is 15.3. The van der Waals surface area contributed by atoms with E-state index in [9.17, 15) is 4.79 Å². The number of carbonyl (C=O) groups is 1. The number of rotatable bonds is 7. The number of H-pyrrole nitrogens is 1. The Balaban J connectivity index is 1.34. The fraction of sp³-hybridized carbons (Fsp3) is 0.154. The largest absolute Gasteiger partial charge is 0.497 e. The Bertz CT molecular complexity index is 1290. The summed E-state index contributed by atoms with van der Waals surface area (Å²) in [6, 6.07) is 27.4. The second kappa shape index (κ2) is 9.93. The average Bonchev–Trinajstić information content (AvgIpc) is 3.56. The number of nitrogens with zero attached hydrogens (tertiary/aromatic N) is 4. The van der Waals surface area contributed by atoms with Gasteiger partial charge in [-0.15, -0.1) is 5.10 Å². The van der Waals surface area contributed by atoms with Crippen LogP contribution in [-0.2, 0) is 4.79 Å². The van der Waals surface area contributed by atoms with Crippen LogP contribution in [0.5, 0.6) is 5.75 Å². The van der Waals surface area contributed by atoms with Gasteiger partial charge in [-0.2, -0.15) is 5.10 Å². The Labute approximate surface area is 201 Å². The molecule has 0 unspecified atom stereocenters. The van der Waals surface area contributed by atoms with Gasteiger partial charge in [-0.05, 0) is 23.3 Å². The molecule has 1 aromatic heterocycles. The van der Waals surface area contributed by atoms with Gasteiger partial charge in [0.1, 0.15) is 5.75 Å². The first-order valence-corrected chi connectivity index (χ1v) is 11.9. The standard InChI is InChI=1S/C26H23N5O2S/c1-33-21-14-12-19(13-15-21)23-16-22(18-8-4-2-5-9-18)30-31(23)24(32)17-34-26-27-25(28-29-26)20-10-6-3-7-11-20/h2-15,23H,16-17H2,1H3,(H,27,28,29)/t23-/m0/s1. The van der Waals surface area contributed by atoms with Crippen molar-refractivity contribution in [2.45, 2.75) is 17.6 Å². The molecule has 0 saturated heterocycles. The molecule has 0 bridgehead atoms. The van der Waals surface area contributed by atoms with E-state index < -0.39 is 0 Å². The third-order valence-electron chi connectivity index (χ3n) is 5.61. The zero-order chi connectivity index (χ0) is 23.3. The number of hydrogen-bond donors (Lipinski definition) is 1. The van der Waals surface area contributed by atoms with Gasteiger partial charge in [0, 0.05) is 12.0 Å². The van der Waals surface area contributed by atoms with Crippen LogP contribution in [0.4, 0.5) is 0 Å². The Kier molecular flexibility index (Phi) is 6.40. The quantitative estimate of drug-likeness (QED) is 0.387. The third kappa shape index (κ3) is 4.72. The number of aromatic amines is 1. The minimum absolute atomic E-state index is 0.0946. The van der Waals surface area contributed by atoms with Gasteiger partial charge in [0.25, 0.3) is 5.91 Å². The molecule has 7 nitrogen and oxygen atoms in total. The number of hydrogen-bond acceptors (Lipinski definition) is 6. The van der Waals surface area contributed by atoms with Crippen LogP contribution in [0.1, 0.15) is 23.6 Å². The van der Waals surface area contributed by atoms with Crippen molar-refractivity contribution in [3.05, 3.63) is 96.1 Å². The van der Waals surface area contributed by atoms with Crippen LogP contribution in [0.25, 0.3) is 11.4 Å². The minimum Gasteiger partial charge on any atom is -0.497 e. The molecule has 34 heavy (non-hydrogen) atoms. The first kappa shape index (κ1) is 21.9. The van der Waals surface area contributed by atoms with Crippen molar-refractivity contribution >= 4 is 23.4 Å². The fourth-order valence-corrected chi connectivity index (χ4v) is 4.51. The lowest BCUT2D eigenvalue weighted by Crippen LogP contribution is -2.28. The number of carbonyl (C=O) groups excluding carboxylic acids is 1. The molecule has 0 fully saturated rings. The highest BCUT2D eigenvalue weighted by Gasteiger charge is 2.33. The molecule has 3 aromatic carbocycles. The molecule has 1 amide bonds. The highest BCUT2D eigenvalue weighted by Crippen LogP contribution is 2.34. The van der Waals surface area contributed by atoms with Crippen molar-refractivity contribution in [2.24, 2.45) is 5.10 Å². The number of thioether (sulfide) groups is 1. The summed E-state index contributed by atoms with van der Waals surface area (Å²) in [6.07, 6.45) is 0.644. The van der Waals surface area contributed by atoms with Crippen molar-refractivity contribution in [3.63, 3.8) is 0 Å². The lowest BCUT2D eigenvalue weighted by atomic mass is 9.98. The second-order valence-electron chi connectivity index (χ2n) is 7.77. The average molecular weight is 470 g/mol. The van der Waals surface area contributed by atoms with E-state index in [1.807, 2.05) is 84.9 Å². The Hall–Kier alpha value is -3.91. The van der Waals surface area contributed by atoms with Crippen LogP contribution in [0, 0.1) is 0 Å². The molecule has 5 rings (SSSR count). The molecule has 4 aromatic rings. The molecule has 0 saturated carbocycles. The summed E-state index contributed by atoms with van der Waals surface area (Å²) in [7, 11) is 1.64. The van der Waals surface area contributed by atoms with Crippen LogP contribution in [0.15, 0.2) is 95.2 Å². The highest BCUT2D eigenvalue weighted by atomic mass is 32.2. The summed E-state index contributed by atoms with van der Waals surface area (Å²) in [5, 5.41) is 14.1. The maximum Gasteiger partial charge on any atom is 0.253 e. The van der Waals surface area contributed by atoms with Gasteiger partial charge in [-0.25, -0.2) is 9.99 Å². The predicted octanol–water partition coefficient (Wildman–Crippen LogP) is 4.95. The van der Waals surface area contributed by atoms with E-state index in [4.69, 9.17) is 9.84 Å². The number of nitrogens with one attached hydrogen (secondary N) is 1. The second-order valence-corrected chi connectivity index (χ2v) is 8.71. The van der Waals surface area contributed by atoms with Crippen molar-refractivity contribution in [3.8, 4) is 17.1 Å². The number of ether oxygens (including phenoxy) is 1. The summed E-state index contributed by atoms with van der Waals surface area (Å²) in [4.78, 5) is 17.8. The zero-order valence-electron chi connectivity index (χ0n) is 18.6. The summed E-state index contributed by atoms with van der Waals surface area (Å²) in [6.45, 7) is 0. The molecule has 0 aliphatic carbocycles. The van der Waals surface area contributed by atoms with Gasteiger partial charge in [-0.1, -0.05) is 84.6 Å². The summed E-state index contributed by atoms with van der Waals surface area (Å²) in [5.41, 5.74) is 3.87. The topological polar surface area (TPSA) is 83.5 Å². The molecule has 1 aliphatic heterocycles. The molecule has 0 spiro atoms. The monoisotopic (exact) mass is 469 g/mol. The van der Waals surface area contributed by atoms with Crippen LogP contribution >= 0.6 is 11.8 Å². The third-order valence-corrected chi connectivity index (χ3v) is 6.44. The Morgan fingerprint density at radius 1 is 1.00 bits per heavy atom. The first-order valence-electron chi connectivity index (χ1n) is 10.9. The molecule has 0 radical (unpaired) electrons. The molecule has 1 atom stereocenters. The van der Waals surface area contributed by atoms with E-state index in [0.717, 1.165) is 28.2 Å². The molecule has 170 valence electrons. The number of benzene rings is 3. The maximum atomic E-state index is 13.3. The number of hydrazone groups is 1. The van der Waals surface area contributed by atoms with Crippen LogP contribution in [0.3, 0.4) is 0 Å². The number of methoxy groups -OCH3 is 1. The van der Waals surface area contributed by atoms with E-state index >= 15 is 0 Å². The van der Waals surface area contributed by atoms with Crippen LogP contribution in [0.2, 0.25) is 0 Å². The van der Waals surface area contributed by atoms with Crippen LogP contribution in [-0.4, -0.2) is 44.7 Å². The van der Waals surface area contributed by atoms with Gasteiger partial charge >= 0.3 is 0 Å². The van der Waals surface area contributed by atoms with Gasteiger partial charge in [-0.3, -0.25) is 9.89 Å². The fourth-order valence-electron chi connectivity index (χ4n) is 3.86. The van der Waals surface area contributed by atoms with Crippen molar-refractivity contribution < 1.29 is 9.53 Å². The van der Waals surface area contributed by atoms with Crippen molar-refractivity contribution in [2.75, 3.05) is 12.9 Å². The molecule has 8 heteroatoms. The smallest absolute Gasteiger partial charge is 0.253 e. The van der Waals surface area contributed by atoms with Crippen molar-refractivity contribution in [1.29, 1.82) is 0 Å². The molecule has 2 heterocycles. The number of amides is 1. The zero-order valence-corrected chi connectivity index (χ0v) is 19.4. The predicted molar refractivity (Wildman–Crippen MR) is 133 cm³/mol. The molecule has 1 aliphatic rings. The van der Waals surface area contributed by atoms with E-state index in [1.165, 1.54) is 11.8 Å². The van der Waals surface area contributed by atoms with Crippen molar-refractivity contribution in [1.82, 2.24) is 20.2 Å². The van der Waals surface area contributed by atoms with Gasteiger partial charge in [0.15, 0.2) is 5.82 Å². The summed E-state index contributed by atoms with van der Waals surface area (Å²) >= 11 is 1.30. The van der Waals surface area contributed by atoms with E-state index in [0.29, 0.717) is 17.4 Å². The maximum absolute atomic E-state index is 13.3. The van der Waals surface area contributed by atoms with Gasteiger partial charge < -0.3 is 4.74 Å². The SMILES string of the molecule is COc1ccc([C@@H]2CC(c3ccccc3)=NN2C(=O)CSc2n[nH]c(-c3ccccc3)n2)cc1. The lowest BCUT2D eigenvalue weighted by molar-refractivity contribution is -0.130. The summed E-state index contributed by atoms with van der Waals surface area (Å²) in [5.74, 6) is 1.54. The molecular formula is C26H23N5O2S. The van der Waals surface area contributed by atoms with Gasteiger partial charge in [0.2, 0.25) is 5.16 Å². The number of aromatic nitrogens is 3. The van der Waals surface area contributed by atoms with E-state index in [-0.39, 0.29) is 17.7 Å². The lowest BCUT2D eigenvalue weighted by Gasteiger charge is -2.22. The van der Waals surface area contributed by atoms with E-state index in [2.05, 4.69) is 15.2 Å². The van der Waals surface area contributed by atoms with Gasteiger partial charge in [0.05, 0.1) is 24.6 Å². The van der Waals surface area contributed by atoms with Crippen LogP contribution < -0.4 is 4.74 Å². The Morgan fingerprint density at radius 2 is 1.68 bits per heavy atom. The Morgan fingerprint density at radius 3 is 2.35 bits per heavy atom. The minimum atomic E-state index is -0.179.